The summed E-state index contributed by atoms with van der Waals surface area (Å²) in [4.78, 5) is 0. The molecule has 0 aliphatic rings. The minimum atomic E-state index is 0.537. The van der Waals surface area contributed by atoms with Gasteiger partial charge >= 0.3 is 0 Å². The van der Waals surface area contributed by atoms with Gasteiger partial charge in [-0.05, 0) is 29.7 Å². The minimum absolute atomic E-state index is 0.537. The molecule has 1 heterocycles. The molecule has 3 aromatic carbocycles. The van der Waals surface area contributed by atoms with E-state index in [9.17, 15) is 0 Å². The maximum Gasteiger partial charge on any atom is 0.0689 e. The number of anilines is 2. The lowest BCUT2D eigenvalue weighted by atomic mass is 10.0. The minimum Gasteiger partial charge on any atom is -0.282 e. The van der Waals surface area contributed by atoms with E-state index in [0.717, 1.165) is 0 Å². The molecular weight excluding hydrogens is 425 g/mol. The van der Waals surface area contributed by atoms with Crippen LogP contribution in [0.25, 0.3) is 20.2 Å². The van der Waals surface area contributed by atoms with Gasteiger partial charge in [0.15, 0.2) is 0 Å². The fourth-order valence-electron chi connectivity index (χ4n) is 3.13. The van der Waals surface area contributed by atoms with Gasteiger partial charge in [0.1, 0.15) is 0 Å². The third-order valence-corrected chi connectivity index (χ3v) is 6.72. The van der Waals surface area contributed by atoms with Crippen LogP contribution in [0.1, 0.15) is 25.3 Å². The highest BCUT2D eigenvalue weighted by molar-refractivity contribution is 14.1. The summed E-state index contributed by atoms with van der Waals surface area (Å²) in [5.74, 6) is 0.537. The van der Waals surface area contributed by atoms with Gasteiger partial charge in [-0.1, -0.05) is 62.4 Å². The van der Waals surface area contributed by atoms with Crippen molar-refractivity contribution in [2.75, 3.05) is 3.11 Å². The number of fused-ring (bicyclic) bond motifs is 3. The van der Waals surface area contributed by atoms with Gasteiger partial charge in [-0.3, -0.25) is 3.11 Å². The van der Waals surface area contributed by atoms with E-state index in [-0.39, 0.29) is 0 Å². The van der Waals surface area contributed by atoms with Gasteiger partial charge in [0.05, 0.1) is 38.9 Å². The van der Waals surface area contributed by atoms with Crippen LogP contribution in [0.3, 0.4) is 0 Å². The molecule has 1 aromatic heterocycles. The van der Waals surface area contributed by atoms with Crippen LogP contribution in [0, 0.1) is 0 Å². The van der Waals surface area contributed by atoms with E-state index in [0.29, 0.717) is 5.92 Å². The van der Waals surface area contributed by atoms with Crippen LogP contribution >= 0.6 is 34.2 Å². The molecule has 4 aromatic rings. The molecule has 0 bridgehead atoms. The van der Waals surface area contributed by atoms with Gasteiger partial charge in [0.2, 0.25) is 0 Å². The third-order valence-electron chi connectivity index (χ3n) is 4.35. The van der Waals surface area contributed by atoms with Crippen LogP contribution in [0.2, 0.25) is 0 Å². The molecule has 0 aliphatic carbocycles. The molecule has 0 saturated carbocycles. The molecule has 0 spiro atoms. The van der Waals surface area contributed by atoms with Crippen molar-refractivity contribution in [2.45, 2.75) is 19.8 Å². The lowest BCUT2D eigenvalue weighted by Crippen LogP contribution is -2.00. The predicted octanol–water partition coefficient (Wildman–Crippen LogP) is 7.67. The Hall–Kier alpha value is -1.59. The molecule has 0 N–H and O–H groups in total. The zero-order chi connectivity index (χ0) is 16.7. The van der Waals surface area contributed by atoms with Gasteiger partial charge < -0.3 is 0 Å². The highest BCUT2D eigenvalue weighted by Gasteiger charge is 2.16. The standard InChI is InChI=1S/C21H18INS/c1-14(2)16-10-6-11-17-18-12-7-13-19(21(18)24-20(16)17)23(22)15-8-4-3-5-9-15/h3-14H,1-2H3. The lowest BCUT2D eigenvalue weighted by molar-refractivity contribution is 0.878. The average molecular weight is 443 g/mol. The molecule has 120 valence electrons. The smallest absolute Gasteiger partial charge is 0.0689 e. The van der Waals surface area contributed by atoms with Crippen LogP contribution < -0.4 is 3.11 Å². The Morgan fingerprint density at radius 3 is 2.17 bits per heavy atom. The first-order chi connectivity index (χ1) is 11.7. The summed E-state index contributed by atoms with van der Waals surface area (Å²) in [6.07, 6.45) is 0. The SMILES string of the molecule is CC(C)c1cccc2c1sc1c(N(I)c3ccccc3)cccc12. The molecule has 0 saturated heterocycles. The molecule has 4 rings (SSSR count). The summed E-state index contributed by atoms with van der Waals surface area (Å²) in [6, 6.07) is 23.9. The third kappa shape index (κ3) is 2.60. The Kier molecular flexibility index (Phi) is 4.22. The van der Waals surface area contributed by atoms with Crippen molar-refractivity contribution in [3.05, 3.63) is 72.3 Å². The number of rotatable bonds is 3. The Bertz CT molecular complexity index is 1000. The lowest BCUT2D eigenvalue weighted by Gasteiger charge is -2.17. The Morgan fingerprint density at radius 2 is 1.46 bits per heavy atom. The molecule has 0 atom stereocenters. The summed E-state index contributed by atoms with van der Waals surface area (Å²) in [5, 5.41) is 2.73. The van der Waals surface area contributed by atoms with Crippen molar-refractivity contribution in [1.82, 2.24) is 0 Å². The van der Waals surface area contributed by atoms with Crippen LogP contribution in [-0.4, -0.2) is 0 Å². The fourth-order valence-corrected chi connectivity index (χ4v) is 5.49. The van der Waals surface area contributed by atoms with Crippen molar-refractivity contribution in [3.63, 3.8) is 0 Å². The number of halogens is 1. The zero-order valence-corrected chi connectivity index (χ0v) is 16.6. The fraction of sp³-hybridized carbons (Fsp3) is 0.143. The second kappa shape index (κ2) is 6.37. The van der Waals surface area contributed by atoms with E-state index in [4.69, 9.17) is 0 Å². The van der Waals surface area contributed by atoms with Gasteiger partial charge in [-0.15, -0.1) is 11.3 Å². The number of thiophene rings is 1. The van der Waals surface area contributed by atoms with E-state index in [1.54, 1.807) is 0 Å². The van der Waals surface area contributed by atoms with Crippen LogP contribution in [0.4, 0.5) is 11.4 Å². The van der Waals surface area contributed by atoms with Crippen LogP contribution in [0.15, 0.2) is 66.7 Å². The van der Waals surface area contributed by atoms with E-state index >= 15 is 0 Å². The number of nitrogens with zero attached hydrogens (tertiary/aromatic N) is 1. The van der Waals surface area contributed by atoms with Crippen LogP contribution in [-0.2, 0) is 0 Å². The monoisotopic (exact) mass is 443 g/mol. The van der Waals surface area contributed by atoms with Crippen LogP contribution in [0.5, 0.6) is 0 Å². The number of hydrogen-bond donors (Lipinski definition) is 0. The molecule has 1 nitrogen and oxygen atoms in total. The summed E-state index contributed by atoms with van der Waals surface area (Å²) >= 11 is 4.33. The van der Waals surface area contributed by atoms with E-state index in [1.165, 1.54) is 37.1 Å². The zero-order valence-electron chi connectivity index (χ0n) is 13.7. The van der Waals surface area contributed by atoms with E-state index in [2.05, 4.69) is 107 Å². The Labute approximate surface area is 160 Å². The molecular formula is C21H18INS. The van der Waals surface area contributed by atoms with Crippen molar-refractivity contribution < 1.29 is 0 Å². The quantitative estimate of drug-likeness (QED) is 0.232. The van der Waals surface area contributed by atoms with E-state index in [1.807, 2.05) is 11.3 Å². The summed E-state index contributed by atoms with van der Waals surface area (Å²) in [5.41, 5.74) is 3.90. The Balaban J connectivity index is 1.98. The molecule has 3 heteroatoms. The van der Waals surface area contributed by atoms with Crippen molar-refractivity contribution in [3.8, 4) is 0 Å². The normalized spacial score (nSPS) is 11.5. The van der Waals surface area contributed by atoms with Gasteiger partial charge in [0.25, 0.3) is 0 Å². The summed E-state index contributed by atoms with van der Waals surface area (Å²) in [6.45, 7) is 4.54. The largest absolute Gasteiger partial charge is 0.282 e. The van der Waals surface area contributed by atoms with Gasteiger partial charge in [-0.25, -0.2) is 0 Å². The van der Waals surface area contributed by atoms with Gasteiger partial charge in [0, 0.05) is 15.5 Å². The number of hydrogen-bond acceptors (Lipinski definition) is 2. The van der Waals surface area contributed by atoms with Crippen molar-refractivity contribution in [1.29, 1.82) is 0 Å². The Morgan fingerprint density at radius 1 is 0.792 bits per heavy atom. The highest BCUT2D eigenvalue weighted by Crippen LogP contribution is 2.44. The molecule has 0 fully saturated rings. The predicted molar refractivity (Wildman–Crippen MR) is 116 cm³/mol. The van der Waals surface area contributed by atoms with E-state index < -0.39 is 0 Å². The summed E-state index contributed by atoms with van der Waals surface area (Å²) in [7, 11) is 0. The van der Waals surface area contributed by atoms with Crippen molar-refractivity contribution >= 4 is 65.7 Å². The number of benzene rings is 3. The topological polar surface area (TPSA) is 3.24 Å². The number of para-hydroxylation sites is 1. The van der Waals surface area contributed by atoms with Crippen molar-refractivity contribution in [2.24, 2.45) is 0 Å². The first kappa shape index (κ1) is 15.9. The molecule has 24 heavy (non-hydrogen) atoms. The molecule has 0 unspecified atom stereocenters. The first-order valence-electron chi connectivity index (χ1n) is 8.12. The van der Waals surface area contributed by atoms with Gasteiger partial charge in [-0.2, -0.15) is 0 Å². The highest BCUT2D eigenvalue weighted by atomic mass is 127. The molecule has 0 radical (unpaired) electrons. The second-order valence-electron chi connectivity index (χ2n) is 6.25. The second-order valence-corrected chi connectivity index (χ2v) is 8.24. The average Bonchev–Trinajstić information content (AvgIpc) is 3.00. The molecule has 0 amide bonds. The maximum atomic E-state index is 2.41. The first-order valence-corrected chi connectivity index (χ1v) is 9.90. The molecule has 0 aliphatic heterocycles. The maximum absolute atomic E-state index is 2.41. The summed E-state index contributed by atoms with van der Waals surface area (Å²) < 4.78 is 5.04.